The van der Waals surface area contributed by atoms with Crippen molar-refractivity contribution in [3.05, 3.63) is 64.2 Å². The van der Waals surface area contributed by atoms with Crippen molar-refractivity contribution >= 4 is 17.4 Å². The Kier molecular flexibility index (Phi) is 4.35. The van der Waals surface area contributed by atoms with E-state index in [-0.39, 0.29) is 18.0 Å². The van der Waals surface area contributed by atoms with Gasteiger partial charge in [-0.2, -0.15) is 0 Å². The van der Waals surface area contributed by atoms with Crippen LogP contribution in [-0.4, -0.2) is 16.1 Å². The molecule has 2 amide bonds. The van der Waals surface area contributed by atoms with Crippen molar-refractivity contribution in [3.8, 4) is 5.75 Å². The Labute approximate surface area is 120 Å². The summed E-state index contributed by atoms with van der Waals surface area (Å²) in [5.74, 6) is 0.119. The molecule has 0 fully saturated rings. The number of nitro groups is 1. The van der Waals surface area contributed by atoms with Crippen molar-refractivity contribution in [1.82, 2.24) is 5.32 Å². The van der Waals surface area contributed by atoms with Crippen LogP contribution in [0, 0.1) is 10.1 Å². The molecule has 0 spiro atoms. The summed E-state index contributed by atoms with van der Waals surface area (Å²) in [5.41, 5.74) is 0.975. The Morgan fingerprint density at radius 3 is 2.67 bits per heavy atom. The zero-order valence-corrected chi connectivity index (χ0v) is 10.9. The maximum absolute atomic E-state index is 11.7. The Morgan fingerprint density at radius 2 is 1.95 bits per heavy atom. The first kappa shape index (κ1) is 14.3. The minimum Gasteiger partial charge on any atom is -0.508 e. The van der Waals surface area contributed by atoms with Crippen molar-refractivity contribution in [2.24, 2.45) is 0 Å². The third-order valence-corrected chi connectivity index (χ3v) is 2.68. The van der Waals surface area contributed by atoms with Crippen LogP contribution >= 0.6 is 0 Å². The molecule has 0 radical (unpaired) electrons. The summed E-state index contributed by atoms with van der Waals surface area (Å²) >= 11 is 0. The lowest BCUT2D eigenvalue weighted by Crippen LogP contribution is -2.28. The number of urea groups is 1. The number of amides is 2. The molecule has 0 bridgehead atoms. The monoisotopic (exact) mass is 287 g/mol. The number of nitro benzene ring substituents is 1. The van der Waals surface area contributed by atoms with Crippen LogP contribution in [0.25, 0.3) is 0 Å². The predicted molar refractivity (Wildman–Crippen MR) is 77.1 cm³/mol. The van der Waals surface area contributed by atoms with E-state index in [0.717, 1.165) is 5.56 Å². The quantitative estimate of drug-likeness (QED) is 0.593. The Bertz CT molecular complexity index is 673. The van der Waals surface area contributed by atoms with Gasteiger partial charge in [-0.1, -0.05) is 18.2 Å². The second-order valence-corrected chi connectivity index (χ2v) is 4.29. The molecule has 2 rings (SSSR count). The fraction of sp³-hybridized carbons (Fsp3) is 0.0714. The van der Waals surface area contributed by atoms with Crippen LogP contribution in [0.15, 0.2) is 48.5 Å². The molecule has 0 saturated carbocycles. The highest BCUT2D eigenvalue weighted by molar-refractivity contribution is 5.89. The highest BCUT2D eigenvalue weighted by Crippen LogP contribution is 2.17. The van der Waals surface area contributed by atoms with Gasteiger partial charge in [0.05, 0.1) is 4.92 Å². The average Bonchev–Trinajstić information content (AvgIpc) is 2.45. The third-order valence-electron chi connectivity index (χ3n) is 2.68. The fourth-order valence-corrected chi connectivity index (χ4v) is 1.72. The molecule has 2 aromatic rings. The first-order valence-electron chi connectivity index (χ1n) is 6.12. The number of hydrogen-bond acceptors (Lipinski definition) is 4. The number of nitrogens with one attached hydrogen (secondary N) is 2. The molecule has 2 aromatic carbocycles. The van der Waals surface area contributed by atoms with E-state index in [2.05, 4.69) is 10.6 Å². The molecule has 0 aliphatic heterocycles. The number of carbonyl (C=O) groups is 1. The van der Waals surface area contributed by atoms with Gasteiger partial charge in [-0.25, -0.2) is 4.79 Å². The first-order valence-corrected chi connectivity index (χ1v) is 6.12. The number of benzene rings is 2. The summed E-state index contributed by atoms with van der Waals surface area (Å²) in [6.07, 6.45) is 0. The number of phenols is 1. The minimum atomic E-state index is -0.532. The van der Waals surface area contributed by atoms with Gasteiger partial charge in [0.25, 0.3) is 5.69 Å². The SMILES string of the molecule is O=C(NCc1cccc(O)c1)Nc1cccc([N+](=O)[O-])c1. The lowest BCUT2D eigenvalue weighted by Gasteiger charge is -2.07. The number of rotatable bonds is 4. The van der Waals surface area contributed by atoms with Gasteiger partial charge in [0.1, 0.15) is 5.75 Å². The van der Waals surface area contributed by atoms with Gasteiger partial charge >= 0.3 is 6.03 Å². The van der Waals surface area contributed by atoms with Crippen LogP contribution in [0.5, 0.6) is 5.75 Å². The molecule has 108 valence electrons. The number of anilines is 1. The predicted octanol–water partition coefficient (Wildman–Crippen LogP) is 2.62. The highest BCUT2D eigenvalue weighted by atomic mass is 16.6. The van der Waals surface area contributed by atoms with Crippen LogP contribution in [-0.2, 0) is 6.54 Å². The minimum absolute atomic E-state index is 0.0965. The maximum atomic E-state index is 11.7. The number of nitrogens with zero attached hydrogens (tertiary/aromatic N) is 1. The first-order chi connectivity index (χ1) is 10.0. The number of carbonyl (C=O) groups excluding carboxylic acids is 1. The highest BCUT2D eigenvalue weighted by Gasteiger charge is 2.07. The molecular weight excluding hydrogens is 274 g/mol. The summed E-state index contributed by atoms with van der Waals surface area (Å²) in [6, 6.07) is 11.7. The number of aromatic hydroxyl groups is 1. The molecule has 0 aliphatic carbocycles. The molecule has 7 heteroatoms. The van der Waals surface area contributed by atoms with Crippen molar-refractivity contribution in [1.29, 1.82) is 0 Å². The largest absolute Gasteiger partial charge is 0.508 e. The topological polar surface area (TPSA) is 104 Å². The van der Waals surface area contributed by atoms with E-state index in [9.17, 15) is 20.0 Å². The van der Waals surface area contributed by atoms with Crippen LogP contribution in [0.4, 0.5) is 16.2 Å². The maximum Gasteiger partial charge on any atom is 0.319 e. The van der Waals surface area contributed by atoms with E-state index in [1.54, 1.807) is 18.2 Å². The summed E-state index contributed by atoms with van der Waals surface area (Å²) < 4.78 is 0. The van der Waals surface area contributed by atoms with Crippen molar-refractivity contribution < 1.29 is 14.8 Å². The lowest BCUT2D eigenvalue weighted by atomic mass is 10.2. The van der Waals surface area contributed by atoms with Crippen LogP contribution in [0.3, 0.4) is 0 Å². The van der Waals surface area contributed by atoms with Gasteiger partial charge in [-0.05, 0) is 23.8 Å². The smallest absolute Gasteiger partial charge is 0.319 e. The van der Waals surface area contributed by atoms with E-state index >= 15 is 0 Å². The Morgan fingerprint density at radius 1 is 1.19 bits per heavy atom. The Balaban J connectivity index is 1.93. The summed E-state index contributed by atoms with van der Waals surface area (Å²) in [5, 5.41) is 25.0. The summed E-state index contributed by atoms with van der Waals surface area (Å²) in [7, 11) is 0. The molecule has 0 aliphatic rings. The van der Waals surface area contributed by atoms with E-state index < -0.39 is 11.0 Å². The van der Waals surface area contributed by atoms with Crippen molar-refractivity contribution in [3.63, 3.8) is 0 Å². The summed E-state index contributed by atoms with van der Waals surface area (Å²) in [4.78, 5) is 21.8. The summed E-state index contributed by atoms with van der Waals surface area (Å²) in [6.45, 7) is 0.231. The second kappa shape index (κ2) is 6.38. The van der Waals surface area contributed by atoms with Crippen LogP contribution in [0.2, 0.25) is 0 Å². The number of non-ortho nitro benzene ring substituents is 1. The molecule has 3 N–H and O–H groups in total. The van der Waals surface area contributed by atoms with Gasteiger partial charge in [0.2, 0.25) is 0 Å². The molecule has 0 atom stereocenters. The molecule has 0 unspecified atom stereocenters. The zero-order valence-electron chi connectivity index (χ0n) is 10.9. The van der Waals surface area contributed by atoms with E-state index in [0.29, 0.717) is 5.69 Å². The normalized spacial score (nSPS) is 9.90. The molecule has 7 nitrogen and oxygen atoms in total. The molecule has 0 aromatic heterocycles. The number of phenolic OH excluding ortho intramolecular Hbond substituents is 1. The van der Waals surface area contributed by atoms with Crippen LogP contribution < -0.4 is 10.6 Å². The lowest BCUT2D eigenvalue weighted by molar-refractivity contribution is -0.384. The zero-order chi connectivity index (χ0) is 15.2. The molecular formula is C14H13N3O4. The average molecular weight is 287 g/mol. The molecule has 0 heterocycles. The second-order valence-electron chi connectivity index (χ2n) is 4.29. The third kappa shape index (κ3) is 4.20. The number of hydrogen-bond donors (Lipinski definition) is 3. The van der Waals surface area contributed by atoms with Gasteiger partial charge < -0.3 is 15.7 Å². The van der Waals surface area contributed by atoms with Gasteiger partial charge in [0, 0.05) is 24.4 Å². The fourth-order valence-electron chi connectivity index (χ4n) is 1.72. The Hall–Kier alpha value is -3.09. The van der Waals surface area contributed by atoms with Gasteiger partial charge in [-0.3, -0.25) is 10.1 Å². The molecule has 0 saturated heterocycles. The van der Waals surface area contributed by atoms with E-state index in [4.69, 9.17) is 0 Å². The van der Waals surface area contributed by atoms with E-state index in [1.807, 2.05) is 0 Å². The standard InChI is InChI=1S/C14H13N3O4/c18-13-6-1-3-10(7-13)9-15-14(19)16-11-4-2-5-12(8-11)17(20)21/h1-8,18H,9H2,(H2,15,16,19). The van der Waals surface area contributed by atoms with Crippen molar-refractivity contribution in [2.45, 2.75) is 6.54 Å². The van der Waals surface area contributed by atoms with Crippen molar-refractivity contribution in [2.75, 3.05) is 5.32 Å². The van der Waals surface area contributed by atoms with Gasteiger partial charge in [0.15, 0.2) is 0 Å². The van der Waals surface area contributed by atoms with E-state index in [1.165, 1.54) is 30.3 Å². The molecule has 21 heavy (non-hydrogen) atoms. The van der Waals surface area contributed by atoms with Crippen LogP contribution in [0.1, 0.15) is 5.56 Å². The van der Waals surface area contributed by atoms with Gasteiger partial charge in [-0.15, -0.1) is 0 Å².